The molecule has 0 aliphatic carbocycles. The van der Waals surface area contributed by atoms with Crippen molar-refractivity contribution in [1.82, 2.24) is 19.5 Å². The van der Waals surface area contributed by atoms with Crippen LogP contribution in [0.4, 0.5) is 0 Å². The van der Waals surface area contributed by atoms with Gasteiger partial charge >= 0.3 is 0 Å². The van der Waals surface area contributed by atoms with Gasteiger partial charge in [0.15, 0.2) is 0 Å². The van der Waals surface area contributed by atoms with Gasteiger partial charge < -0.3 is 4.74 Å². The van der Waals surface area contributed by atoms with Crippen LogP contribution in [0.5, 0.6) is 5.88 Å². The molecule has 4 aromatic rings. The highest BCUT2D eigenvalue weighted by Crippen LogP contribution is 2.30. The highest BCUT2D eigenvalue weighted by molar-refractivity contribution is 9.10. The van der Waals surface area contributed by atoms with Gasteiger partial charge in [-0.05, 0) is 60.0 Å². The lowest BCUT2D eigenvalue weighted by atomic mass is 10.1. The molecule has 0 unspecified atom stereocenters. The number of rotatable bonds is 6. The minimum absolute atomic E-state index is 0.193. The van der Waals surface area contributed by atoms with Crippen molar-refractivity contribution >= 4 is 27.5 Å². The lowest BCUT2D eigenvalue weighted by Gasteiger charge is -2.16. The van der Waals surface area contributed by atoms with Crippen molar-refractivity contribution in [2.24, 2.45) is 0 Å². The molecule has 0 radical (unpaired) electrons. The Morgan fingerprint density at radius 1 is 1.09 bits per heavy atom. The summed E-state index contributed by atoms with van der Waals surface area (Å²) >= 11 is 9.96. The zero-order valence-electron chi connectivity index (χ0n) is 20.3. The molecular formula is C27H26BrClN4O2. The largest absolute Gasteiger partial charge is 0.472 e. The number of nitrogens with zero attached hydrogens (tertiary/aromatic N) is 4. The molecule has 0 fully saturated rings. The fourth-order valence-electron chi connectivity index (χ4n) is 3.77. The summed E-state index contributed by atoms with van der Waals surface area (Å²) in [6.07, 6.45) is 1.82. The Balaban J connectivity index is 1.75. The van der Waals surface area contributed by atoms with Gasteiger partial charge in [-0.15, -0.1) is 0 Å². The monoisotopic (exact) mass is 552 g/mol. The van der Waals surface area contributed by atoms with Crippen molar-refractivity contribution in [2.45, 2.75) is 47.1 Å². The van der Waals surface area contributed by atoms with E-state index in [1.165, 1.54) is 4.57 Å². The van der Waals surface area contributed by atoms with E-state index in [0.717, 1.165) is 33.8 Å². The van der Waals surface area contributed by atoms with Gasteiger partial charge in [0.25, 0.3) is 5.56 Å². The zero-order chi connectivity index (χ0) is 25.3. The fourth-order valence-corrected chi connectivity index (χ4v) is 4.36. The molecule has 0 spiro atoms. The van der Waals surface area contributed by atoms with E-state index >= 15 is 0 Å². The first kappa shape index (κ1) is 25.1. The summed E-state index contributed by atoms with van der Waals surface area (Å²) < 4.78 is 7.60. The Labute approximate surface area is 218 Å². The van der Waals surface area contributed by atoms with Gasteiger partial charge in [0, 0.05) is 17.7 Å². The number of hydrogen-bond donors (Lipinski definition) is 0. The van der Waals surface area contributed by atoms with Crippen molar-refractivity contribution in [3.05, 3.63) is 96.8 Å². The number of ether oxygens (including phenoxy) is 1. The van der Waals surface area contributed by atoms with Crippen molar-refractivity contribution in [1.29, 1.82) is 0 Å². The first-order valence-electron chi connectivity index (χ1n) is 11.3. The van der Waals surface area contributed by atoms with Crippen LogP contribution < -0.4 is 10.3 Å². The molecule has 0 bridgehead atoms. The Bertz CT molecular complexity index is 1470. The van der Waals surface area contributed by atoms with E-state index in [2.05, 4.69) is 39.7 Å². The van der Waals surface area contributed by atoms with E-state index in [4.69, 9.17) is 21.3 Å². The summed E-state index contributed by atoms with van der Waals surface area (Å²) in [4.78, 5) is 27.1. The molecular weight excluding hydrogens is 528 g/mol. The molecule has 2 heterocycles. The van der Waals surface area contributed by atoms with Crippen LogP contribution in [0.15, 0.2) is 57.9 Å². The molecule has 0 atom stereocenters. The molecule has 0 aliphatic rings. The second-order valence-corrected chi connectivity index (χ2v) is 9.98. The topological polar surface area (TPSA) is 69.9 Å². The van der Waals surface area contributed by atoms with Crippen LogP contribution in [-0.4, -0.2) is 19.5 Å². The van der Waals surface area contributed by atoms with Gasteiger partial charge in [-0.1, -0.05) is 61.3 Å². The highest BCUT2D eigenvalue weighted by Gasteiger charge is 2.19. The van der Waals surface area contributed by atoms with Gasteiger partial charge in [0.2, 0.25) is 5.88 Å². The van der Waals surface area contributed by atoms with Crippen LogP contribution in [0, 0.1) is 20.8 Å². The first-order valence-corrected chi connectivity index (χ1v) is 12.4. The van der Waals surface area contributed by atoms with E-state index in [1.54, 1.807) is 13.0 Å². The number of benzene rings is 2. The highest BCUT2D eigenvalue weighted by atomic mass is 79.9. The predicted octanol–water partition coefficient (Wildman–Crippen LogP) is 6.73. The molecule has 4 rings (SSSR count). The van der Waals surface area contributed by atoms with E-state index < -0.39 is 0 Å². The minimum Gasteiger partial charge on any atom is -0.472 e. The molecule has 0 saturated heterocycles. The van der Waals surface area contributed by atoms with Crippen molar-refractivity contribution in [3.8, 4) is 22.8 Å². The van der Waals surface area contributed by atoms with Crippen molar-refractivity contribution in [2.75, 3.05) is 0 Å². The number of hydrogen-bond acceptors (Lipinski definition) is 5. The predicted molar refractivity (Wildman–Crippen MR) is 143 cm³/mol. The molecule has 6 nitrogen and oxygen atoms in total. The fraction of sp³-hybridized carbons (Fsp3) is 0.259. The third kappa shape index (κ3) is 5.31. The SMILES string of the molecule is Cc1cccc(COc2nc(C)n(-c3cc(-c4nc(C(C)C)ncc4C)ccc3Cl)c(=O)c2Br)c1. The number of aromatic nitrogens is 4. The van der Waals surface area contributed by atoms with E-state index in [9.17, 15) is 4.79 Å². The van der Waals surface area contributed by atoms with Crippen LogP contribution in [0.25, 0.3) is 16.9 Å². The first-order chi connectivity index (χ1) is 16.7. The Morgan fingerprint density at radius 2 is 1.86 bits per heavy atom. The molecule has 35 heavy (non-hydrogen) atoms. The van der Waals surface area contributed by atoms with E-state index in [1.807, 2.05) is 56.4 Å². The van der Waals surface area contributed by atoms with Crippen LogP contribution in [0.2, 0.25) is 5.02 Å². The number of halogens is 2. The number of aryl methyl sites for hydroxylation is 3. The third-order valence-corrected chi connectivity index (χ3v) is 6.59. The van der Waals surface area contributed by atoms with E-state index in [0.29, 0.717) is 23.1 Å². The Kier molecular flexibility index (Phi) is 7.38. The molecule has 0 N–H and O–H groups in total. The smallest absolute Gasteiger partial charge is 0.276 e. The normalized spacial score (nSPS) is 11.2. The van der Waals surface area contributed by atoms with Gasteiger partial charge in [-0.2, -0.15) is 4.98 Å². The molecule has 0 aliphatic heterocycles. The summed E-state index contributed by atoms with van der Waals surface area (Å²) in [6.45, 7) is 10.1. The van der Waals surface area contributed by atoms with Crippen LogP contribution >= 0.6 is 27.5 Å². The molecule has 2 aromatic carbocycles. The quantitative estimate of drug-likeness (QED) is 0.265. The summed E-state index contributed by atoms with van der Waals surface area (Å²) in [5, 5.41) is 0.428. The van der Waals surface area contributed by atoms with Crippen molar-refractivity contribution < 1.29 is 4.74 Å². The van der Waals surface area contributed by atoms with Crippen LogP contribution in [-0.2, 0) is 6.61 Å². The molecule has 180 valence electrons. The lowest BCUT2D eigenvalue weighted by molar-refractivity contribution is 0.289. The summed E-state index contributed by atoms with van der Waals surface area (Å²) in [6, 6.07) is 13.5. The second-order valence-electron chi connectivity index (χ2n) is 8.78. The van der Waals surface area contributed by atoms with Gasteiger partial charge in [0.05, 0.1) is 16.4 Å². The van der Waals surface area contributed by atoms with E-state index in [-0.39, 0.29) is 21.8 Å². The summed E-state index contributed by atoms with van der Waals surface area (Å²) in [5.74, 6) is 1.65. The minimum atomic E-state index is -0.307. The molecule has 0 saturated carbocycles. The maximum Gasteiger partial charge on any atom is 0.276 e. The maximum atomic E-state index is 13.4. The van der Waals surface area contributed by atoms with Crippen LogP contribution in [0.3, 0.4) is 0 Å². The third-order valence-electron chi connectivity index (χ3n) is 5.59. The molecule has 0 amide bonds. The Morgan fingerprint density at radius 3 is 2.57 bits per heavy atom. The van der Waals surface area contributed by atoms with Crippen LogP contribution in [0.1, 0.15) is 48.1 Å². The zero-order valence-corrected chi connectivity index (χ0v) is 22.6. The maximum absolute atomic E-state index is 13.4. The lowest BCUT2D eigenvalue weighted by Crippen LogP contribution is -2.24. The Hall–Kier alpha value is -3.03. The molecule has 8 heteroatoms. The average molecular weight is 554 g/mol. The average Bonchev–Trinajstić information content (AvgIpc) is 2.82. The molecule has 2 aromatic heterocycles. The second kappa shape index (κ2) is 10.3. The standard InChI is InChI=1S/C27H26BrClN4O2/c1-15(2)25-30-13-17(4)24(32-25)20-9-10-21(29)22(12-20)33-18(5)31-26(23(28)27(33)34)35-14-19-8-6-7-16(3)11-19/h6-13,15H,14H2,1-5H3. The summed E-state index contributed by atoms with van der Waals surface area (Å²) in [7, 11) is 0. The van der Waals surface area contributed by atoms with Gasteiger partial charge in [-0.25, -0.2) is 9.97 Å². The van der Waals surface area contributed by atoms with Gasteiger partial charge in [0.1, 0.15) is 22.7 Å². The van der Waals surface area contributed by atoms with Crippen molar-refractivity contribution in [3.63, 3.8) is 0 Å². The summed E-state index contributed by atoms with van der Waals surface area (Å²) in [5.41, 5.74) is 4.93. The van der Waals surface area contributed by atoms with Gasteiger partial charge in [-0.3, -0.25) is 9.36 Å².